The predicted octanol–water partition coefficient (Wildman–Crippen LogP) is 6.64. The van der Waals surface area contributed by atoms with Crippen LogP contribution in [0.25, 0.3) is 0 Å². The number of amides is 1. The third-order valence-corrected chi connectivity index (χ3v) is 8.53. The minimum atomic E-state index is -0.429. The second-order valence-electron chi connectivity index (χ2n) is 13.3. The molecule has 1 heterocycles. The van der Waals surface area contributed by atoms with E-state index < -0.39 is 5.92 Å². The van der Waals surface area contributed by atoms with Crippen LogP contribution in [0.4, 0.5) is 5.69 Å². The zero-order valence-electron chi connectivity index (χ0n) is 24.7. The standard InChI is InChI=1S/C34H40N2O4/c1-20-11-12-23(13-21(20)2)35-29(39)19-40-24-10-8-9-22(14-24)30-31-25(15-33(3,4)17-27(31)37)36(7)26-16-34(5,6)18-28(38)32(26)30/h8-14,30H,15-19H2,1-7H3,(H,35,39). The van der Waals surface area contributed by atoms with Crippen LogP contribution in [-0.4, -0.2) is 36.0 Å². The molecular formula is C34H40N2O4. The Labute approximate surface area is 237 Å². The summed E-state index contributed by atoms with van der Waals surface area (Å²) in [5, 5.41) is 2.89. The maximum absolute atomic E-state index is 13.7. The highest BCUT2D eigenvalue weighted by atomic mass is 16.5. The molecule has 3 aliphatic rings. The number of aryl methyl sites for hydroxylation is 2. The van der Waals surface area contributed by atoms with Crippen LogP contribution in [0.15, 0.2) is 65.0 Å². The van der Waals surface area contributed by atoms with E-state index in [0.29, 0.717) is 18.6 Å². The van der Waals surface area contributed by atoms with Crippen molar-refractivity contribution < 1.29 is 19.1 Å². The van der Waals surface area contributed by atoms with Gasteiger partial charge in [-0.25, -0.2) is 0 Å². The van der Waals surface area contributed by atoms with Gasteiger partial charge < -0.3 is 15.0 Å². The lowest BCUT2D eigenvalue weighted by Crippen LogP contribution is -2.43. The van der Waals surface area contributed by atoms with Crippen molar-refractivity contribution in [3.8, 4) is 5.75 Å². The van der Waals surface area contributed by atoms with Crippen LogP contribution in [0.2, 0.25) is 0 Å². The van der Waals surface area contributed by atoms with Gasteiger partial charge in [0.15, 0.2) is 18.2 Å². The van der Waals surface area contributed by atoms with Gasteiger partial charge in [0.25, 0.3) is 5.91 Å². The minimum Gasteiger partial charge on any atom is -0.484 e. The fourth-order valence-electron chi connectivity index (χ4n) is 6.45. The SMILES string of the molecule is Cc1ccc(NC(=O)COc2cccc(C3C4=C(CC(C)(C)CC4=O)N(C)C4=C3C(=O)CC(C)(C)C4)c2)cc1C. The number of allylic oxidation sites excluding steroid dienone is 4. The Morgan fingerprint density at radius 3 is 2.05 bits per heavy atom. The molecular weight excluding hydrogens is 500 g/mol. The van der Waals surface area contributed by atoms with Crippen molar-refractivity contribution in [2.45, 2.75) is 73.1 Å². The third-order valence-electron chi connectivity index (χ3n) is 8.53. The van der Waals surface area contributed by atoms with Crippen molar-refractivity contribution >= 4 is 23.2 Å². The Bertz CT molecular complexity index is 1420. The minimum absolute atomic E-state index is 0.103. The molecule has 2 aliphatic carbocycles. The van der Waals surface area contributed by atoms with E-state index in [0.717, 1.165) is 57.8 Å². The van der Waals surface area contributed by atoms with Crippen LogP contribution in [-0.2, 0) is 14.4 Å². The number of hydrogen-bond acceptors (Lipinski definition) is 5. The predicted molar refractivity (Wildman–Crippen MR) is 157 cm³/mol. The van der Waals surface area contributed by atoms with E-state index in [2.05, 4.69) is 37.9 Å². The summed E-state index contributed by atoms with van der Waals surface area (Å²) in [5.41, 5.74) is 7.07. The maximum atomic E-state index is 13.7. The second-order valence-corrected chi connectivity index (χ2v) is 13.3. The zero-order chi connectivity index (χ0) is 29.0. The van der Waals surface area contributed by atoms with Gasteiger partial charge in [-0.1, -0.05) is 45.9 Å². The quantitative estimate of drug-likeness (QED) is 0.460. The van der Waals surface area contributed by atoms with E-state index in [1.54, 1.807) is 0 Å². The molecule has 2 aromatic rings. The van der Waals surface area contributed by atoms with Crippen molar-refractivity contribution in [2.24, 2.45) is 10.8 Å². The lowest BCUT2D eigenvalue weighted by Gasteiger charge is -2.47. The first-order valence-corrected chi connectivity index (χ1v) is 14.1. The number of benzene rings is 2. The number of ether oxygens (including phenoxy) is 1. The molecule has 0 bridgehead atoms. The molecule has 40 heavy (non-hydrogen) atoms. The lowest BCUT2D eigenvalue weighted by atomic mass is 9.64. The Kier molecular flexibility index (Phi) is 7.01. The summed E-state index contributed by atoms with van der Waals surface area (Å²) in [6.45, 7) is 12.4. The number of rotatable bonds is 5. The first-order valence-electron chi connectivity index (χ1n) is 14.1. The molecule has 0 aromatic heterocycles. The van der Waals surface area contributed by atoms with E-state index in [-0.39, 0.29) is 34.9 Å². The van der Waals surface area contributed by atoms with Gasteiger partial charge in [0.1, 0.15) is 5.75 Å². The summed E-state index contributed by atoms with van der Waals surface area (Å²) in [6.07, 6.45) is 2.46. The molecule has 1 N–H and O–H groups in total. The van der Waals surface area contributed by atoms with Crippen molar-refractivity contribution in [3.05, 3.63) is 81.7 Å². The van der Waals surface area contributed by atoms with Crippen LogP contribution in [0.3, 0.4) is 0 Å². The summed E-state index contributed by atoms with van der Waals surface area (Å²) in [5.74, 6) is 0.0551. The van der Waals surface area contributed by atoms with Crippen molar-refractivity contribution in [1.29, 1.82) is 0 Å². The molecule has 2 aromatic carbocycles. The number of nitrogens with zero attached hydrogens (tertiary/aromatic N) is 1. The smallest absolute Gasteiger partial charge is 0.262 e. The summed E-state index contributed by atoms with van der Waals surface area (Å²) in [4.78, 5) is 42.2. The van der Waals surface area contributed by atoms with Gasteiger partial charge in [-0.2, -0.15) is 0 Å². The summed E-state index contributed by atoms with van der Waals surface area (Å²) in [6, 6.07) is 13.3. The molecule has 0 fully saturated rings. The molecule has 0 unspecified atom stereocenters. The van der Waals surface area contributed by atoms with Gasteiger partial charge in [-0.3, -0.25) is 14.4 Å². The number of ketones is 2. The summed E-state index contributed by atoms with van der Waals surface area (Å²) in [7, 11) is 2.01. The van der Waals surface area contributed by atoms with Crippen LogP contribution in [0.1, 0.15) is 76.0 Å². The highest BCUT2D eigenvalue weighted by Gasteiger charge is 2.48. The molecule has 0 spiro atoms. The average Bonchev–Trinajstić information content (AvgIpc) is 2.85. The van der Waals surface area contributed by atoms with Crippen LogP contribution in [0, 0.1) is 24.7 Å². The van der Waals surface area contributed by atoms with Gasteiger partial charge >= 0.3 is 0 Å². The molecule has 0 radical (unpaired) electrons. The van der Waals surface area contributed by atoms with Crippen molar-refractivity contribution in [2.75, 3.05) is 19.0 Å². The number of carbonyl (C=O) groups excluding carboxylic acids is 3. The highest BCUT2D eigenvalue weighted by Crippen LogP contribution is 2.54. The van der Waals surface area contributed by atoms with Gasteiger partial charge in [0.05, 0.1) is 0 Å². The number of hydrogen-bond donors (Lipinski definition) is 1. The molecule has 6 heteroatoms. The molecule has 1 aliphatic heterocycles. The molecule has 5 rings (SSSR count). The summed E-state index contributed by atoms with van der Waals surface area (Å²) >= 11 is 0. The fraction of sp³-hybridized carbons (Fsp3) is 0.441. The molecule has 0 saturated carbocycles. The summed E-state index contributed by atoms with van der Waals surface area (Å²) < 4.78 is 5.91. The van der Waals surface area contributed by atoms with E-state index >= 15 is 0 Å². The molecule has 210 valence electrons. The van der Waals surface area contributed by atoms with Crippen LogP contribution in [0.5, 0.6) is 5.75 Å². The fourth-order valence-corrected chi connectivity index (χ4v) is 6.45. The number of Topliss-reactive ketones (excluding diaryl/α,β-unsaturated/α-hetero) is 2. The number of carbonyl (C=O) groups is 3. The van der Waals surface area contributed by atoms with Crippen LogP contribution >= 0.6 is 0 Å². The first kappa shape index (κ1) is 27.9. The normalized spacial score (nSPS) is 20.3. The van der Waals surface area contributed by atoms with Gasteiger partial charge in [0, 0.05) is 54.0 Å². The Hall–Kier alpha value is -3.67. The Morgan fingerprint density at radius 2 is 1.48 bits per heavy atom. The number of anilines is 1. The first-order chi connectivity index (χ1) is 18.7. The Balaban J connectivity index is 1.46. The van der Waals surface area contributed by atoms with Gasteiger partial charge in [-0.15, -0.1) is 0 Å². The Morgan fingerprint density at radius 1 is 0.875 bits per heavy atom. The van der Waals surface area contributed by atoms with E-state index in [1.807, 2.05) is 63.4 Å². The molecule has 1 amide bonds. The van der Waals surface area contributed by atoms with E-state index in [4.69, 9.17) is 4.74 Å². The molecule has 0 saturated heterocycles. The average molecular weight is 541 g/mol. The molecule has 0 atom stereocenters. The third kappa shape index (κ3) is 5.36. The largest absolute Gasteiger partial charge is 0.484 e. The molecule has 6 nitrogen and oxygen atoms in total. The highest BCUT2D eigenvalue weighted by molar-refractivity contribution is 6.06. The number of nitrogens with one attached hydrogen (secondary N) is 1. The van der Waals surface area contributed by atoms with Crippen molar-refractivity contribution in [1.82, 2.24) is 4.90 Å². The van der Waals surface area contributed by atoms with E-state index in [9.17, 15) is 14.4 Å². The zero-order valence-corrected chi connectivity index (χ0v) is 24.7. The van der Waals surface area contributed by atoms with E-state index in [1.165, 1.54) is 0 Å². The topological polar surface area (TPSA) is 75.7 Å². The van der Waals surface area contributed by atoms with Crippen molar-refractivity contribution in [3.63, 3.8) is 0 Å². The van der Waals surface area contributed by atoms with Gasteiger partial charge in [-0.05, 0) is 78.5 Å². The second kappa shape index (κ2) is 10.1. The van der Waals surface area contributed by atoms with Gasteiger partial charge in [0.2, 0.25) is 0 Å². The van der Waals surface area contributed by atoms with Crippen LogP contribution < -0.4 is 10.1 Å². The maximum Gasteiger partial charge on any atom is 0.262 e. The lowest BCUT2D eigenvalue weighted by molar-refractivity contribution is -0.120. The monoisotopic (exact) mass is 540 g/mol.